The zero-order valence-corrected chi connectivity index (χ0v) is 21.5. The topological polar surface area (TPSA) is 137 Å². The third kappa shape index (κ3) is 4.60. The van der Waals surface area contributed by atoms with E-state index in [0.717, 1.165) is 57.0 Å². The number of nitrogens with one attached hydrogen (secondary N) is 1. The molecule has 2 saturated carbocycles. The smallest absolute Gasteiger partial charge is 0.337 e. The van der Waals surface area contributed by atoms with Crippen molar-refractivity contribution in [2.24, 2.45) is 11.8 Å². The molecule has 2 aliphatic carbocycles. The highest BCUT2D eigenvalue weighted by Gasteiger charge is 2.41. The van der Waals surface area contributed by atoms with E-state index in [9.17, 15) is 14.7 Å². The second kappa shape index (κ2) is 9.95. The number of piperidine rings is 1. The Balaban J connectivity index is 1.26. The predicted octanol–water partition coefficient (Wildman–Crippen LogP) is 3.12. The van der Waals surface area contributed by atoms with Crippen molar-refractivity contribution in [1.82, 2.24) is 29.3 Å². The lowest BCUT2D eigenvalue weighted by Crippen LogP contribution is -2.49. The Labute approximate surface area is 220 Å². The second-order valence-electron chi connectivity index (χ2n) is 10.9. The highest BCUT2D eigenvalue weighted by Crippen LogP contribution is 2.37. The molecule has 0 aromatic carbocycles. The van der Waals surface area contributed by atoms with Gasteiger partial charge in [-0.3, -0.25) is 9.69 Å². The number of aromatic nitrogens is 4. The van der Waals surface area contributed by atoms with Crippen LogP contribution in [0.1, 0.15) is 65.4 Å². The van der Waals surface area contributed by atoms with Crippen LogP contribution in [0.25, 0.3) is 11.0 Å². The fourth-order valence-electron chi connectivity index (χ4n) is 6.44. The molecule has 3 aromatic rings. The van der Waals surface area contributed by atoms with Gasteiger partial charge in [-0.25, -0.2) is 14.8 Å². The van der Waals surface area contributed by atoms with Gasteiger partial charge in [0.2, 0.25) is 5.95 Å². The number of hydrogen-bond donors (Lipinski definition) is 3. The standard InChI is InChI=1S/C27H33N7O4/c1-32(15-33-13-17-6-7-18(14-33)23(17)35)25(36)21-10-19-12-29-27(30-22-9-8-16(11-28-22)26(37)38)31-24(19)34(21)20-4-2-3-5-20/h8-12,17-18,20,23,35H,2-7,13-15H2,1H3,(H,37,38)(H,28,29,30,31). The van der Waals surface area contributed by atoms with E-state index < -0.39 is 5.97 Å². The minimum absolute atomic E-state index is 0.0474. The van der Waals surface area contributed by atoms with Crippen LogP contribution in [-0.2, 0) is 0 Å². The van der Waals surface area contributed by atoms with Gasteiger partial charge in [-0.05, 0) is 55.7 Å². The predicted molar refractivity (Wildman–Crippen MR) is 140 cm³/mol. The summed E-state index contributed by atoms with van der Waals surface area (Å²) in [5, 5.41) is 23.3. The first-order valence-electron chi connectivity index (χ1n) is 13.4. The maximum absolute atomic E-state index is 13.8. The number of aromatic carboxylic acids is 1. The SMILES string of the molecule is CN(CN1CC2CCC(C1)C2O)C(=O)c1cc2cnc(Nc3ccc(C(=O)O)cn3)nc2n1C1CCCC1. The molecule has 38 heavy (non-hydrogen) atoms. The van der Waals surface area contributed by atoms with Gasteiger partial charge >= 0.3 is 5.97 Å². The van der Waals surface area contributed by atoms with Crippen LogP contribution in [0.3, 0.4) is 0 Å². The molecule has 1 aliphatic heterocycles. The number of carbonyl (C=O) groups is 2. The molecule has 11 heteroatoms. The van der Waals surface area contributed by atoms with Gasteiger partial charge in [0.15, 0.2) is 0 Å². The quantitative estimate of drug-likeness (QED) is 0.430. The monoisotopic (exact) mass is 519 g/mol. The van der Waals surface area contributed by atoms with Gasteiger partial charge in [0.05, 0.1) is 18.3 Å². The van der Waals surface area contributed by atoms with E-state index in [1.807, 2.05) is 13.1 Å². The second-order valence-corrected chi connectivity index (χ2v) is 10.9. The van der Waals surface area contributed by atoms with Crippen molar-refractivity contribution in [2.45, 2.75) is 50.7 Å². The van der Waals surface area contributed by atoms with Crippen LogP contribution in [0.2, 0.25) is 0 Å². The number of rotatable bonds is 7. The highest BCUT2D eigenvalue weighted by molar-refractivity contribution is 5.98. The summed E-state index contributed by atoms with van der Waals surface area (Å²) >= 11 is 0. The molecule has 2 atom stereocenters. The first kappa shape index (κ1) is 24.7. The van der Waals surface area contributed by atoms with Crippen molar-refractivity contribution in [3.05, 3.63) is 41.9 Å². The van der Waals surface area contributed by atoms with Gasteiger partial charge < -0.3 is 25.0 Å². The maximum Gasteiger partial charge on any atom is 0.337 e. The van der Waals surface area contributed by atoms with E-state index in [1.54, 1.807) is 17.2 Å². The Kier molecular flexibility index (Phi) is 6.48. The summed E-state index contributed by atoms with van der Waals surface area (Å²) in [6.07, 6.45) is 9.12. The van der Waals surface area contributed by atoms with Gasteiger partial charge in [-0.15, -0.1) is 0 Å². The number of carboxylic acids is 1. The Morgan fingerprint density at radius 2 is 1.82 bits per heavy atom. The number of nitrogens with zero attached hydrogens (tertiary/aromatic N) is 6. The van der Waals surface area contributed by atoms with Crippen LogP contribution in [0, 0.1) is 11.8 Å². The Hall–Kier alpha value is -3.57. The number of carboxylic acid groups (broad SMARTS) is 1. The summed E-state index contributed by atoms with van der Waals surface area (Å²) in [6, 6.07) is 5.12. The fourth-order valence-corrected chi connectivity index (χ4v) is 6.44. The molecule has 1 amide bonds. The lowest BCUT2D eigenvalue weighted by Gasteiger charge is -2.37. The molecule has 11 nitrogen and oxygen atoms in total. The van der Waals surface area contributed by atoms with Gasteiger partial charge in [0, 0.05) is 44.0 Å². The molecule has 3 aliphatic rings. The Morgan fingerprint density at radius 1 is 1.08 bits per heavy atom. The third-order valence-corrected chi connectivity index (χ3v) is 8.35. The van der Waals surface area contributed by atoms with Gasteiger partial charge in [-0.2, -0.15) is 4.98 Å². The number of aliphatic hydroxyl groups excluding tert-OH is 1. The molecule has 200 valence electrons. The zero-order chi connectivity index (χ0) is 26.4. The van der Waals surface area contributed by atoms with Gasteiger partial charge in [-0.1, -0.05) is 12.8 Å². The van der Waals surface area contributed by atoms with Gasteiger partial charge in [0.25, 0.3) is 5.91 Å². The van der Waals surface area contributed by atoms with Crippen molar-refractivity contribution in [2.75, 3.05) is 32.1 Å². The average Bonchev–Trinajstić information content (AvgIpc) is 3.60. The van der Waals surface area contributed by atoms with Crippen molar-refractivity contribution < 1.29 is 19.8 Å². The fraction of sp³-hybridized carbons (Fsp3) is 0.519. The van der Waals surface area contributed by atoms with E-state index in [4.69, 9.17) is 10.1 Å². The molecule has 2 unspecified atom stereocenters. The van der Waals surface area contributed by atoms with Crippen LogP contribution in [0.15, 0.2) is 30.6 Å². The summed E-state index contributed by atoms with van der Waals surface area (Å²) < 4.78 is 2.08. The normalized spacial score (nSPS) is 23.7. The van der Waals surface area contributed by atoms with E-state index in [2.05, 4.69) is 24.8 Å². The lowest BCUT2D eigenvalue weighted by atomic mass is 9.95. The molecule has 4 heterocycles. The van der Waals surface area contributed by atoms with Gasteiger partial charge in [0.1, 0.15) is 17.2 Å². The maximum atomic E-state index is 13.8. The average molecular weight is 520 g/mol. The number of carbonyl (C=O) groups excluding carboxylic acids is 1. The Morgan fingerprint density at radius 3 is 2.47 bits per heavy atom. The van der Waals surface area contributed by atoms with E-state index in [-0.39, 0.29) is 23.6 Å². The third-order valence-electron chi connectivity index (χ3n) is 8.35. The minimum atomic E-state index is -1.04. The summed E-state index contributed by atoms with van der Waals surface area (Å²) in [6.45, 7) is 2.17. The number of amides is 1. The number of aliphatic hydroxyl groups is 1. The molecule has 3 aromatic heterocycles. The molecule has 0 radical (unpaired) electrons. The molecule has 6 rings (SSSR count). The van der Waals surface area contributed by atoms with Crippen LogP contribution in [0.4, 0.5) is 11.8 Å². The molecular weight excluding hydrogens is 486 g/mol. The summed E-state index contributed by atoms with van der Waals surface area (Å²) in [5.41, 5.74) is 1.42. The van der Waals surface area contributed by atoms with Crippen LogP contribution < -0.4 is 5.32 Å². The van der Waals surface area contributed by atoms with E-state index >= 15 is 0 Å². The number of fused-ring (bicyclic) bond motifs is 3. The van der Waals surface area contributed by atoms with Crippen molar-refractivity contribution in [1.29, 1.82) is 0 Å². The molecule has 1 saturated heterocycles. The summed E-state index contributed by atoms with van der Waals surface area (Å²) in [5.74, 6) is 0.291. The number of anilines is 2. The van der Waals surface area contributed by atoms with Crippen LogP contribution in [-0.4, -0.2) is 84.3 Å². The van der Waals surface area contributed by atoms with Crippen molar-refractivity contribution in [3.63, 3.8) is 0 Å². The summed E-state index contributed by atoms with van der Waals surface area (Å²) in [4.78, 5) is 42.3. The first-order valence-corrected chi connectivity index (χ1v) is 13.4. The lowest BCUT2D eigenvalue weighted by molar-refractivity contribution is 0.000214. The highest BCUT2D eigenvalue weighted by atomic mass is 16.4. The molecule has 3 N–H and O–H groups in total. The van der Waals surface area contributed by atoms with E-state index in [0.29, 0.717) is 41.6 Å². The van der Waals surface area contributed by atoms with Crippen molar-refractivity contribution in [3.8, 4) is 0 Å². The molecular formula is C27H33N7O4. The van der Waals surface area contributed by atoms with Crippen LogP contribution >= 0.6 is 0 Å². The van der Waals surface area contributed by atoms with E-state index in [1.165, 1.54) is 12.3 Å². The zero-order valence-electron chi connectivity index (χ0n) is 21.5. The number of hydrogen-bond acceptors (Lipinski definition) is 8. The number of likely N-dealkylation sites (tertiary alicyclic amines) is 1. The summed E-state index contributed by atoms with van der Waals surface area (Å²) in [7, 11) is 1.84. The molecule has 3 fully saturated rings. The Bertz CT molecular complexity index is 1340. The van der Waals surface area contributed by atoms with Crippen molar-refractivity contribution >= 4 is 34.7 Å². The molecule has 0 spiro atoms. The minimum Gasteiger partial charge on any atom is -0.478 e. The largest absolute Gasteiger partial charge is 0.478 e. The molecule has 2 bridgehead atoms. The first-order chi connectivity index (χ1) is 18.4. The van der Waals surface area contributed by atoms with Crippen LogP contribution in [0.5, 0.6) is 0 Å². The number of pyridine rings is 1.